The Morgan fingerprint density at radius 3 is 1.05 bits per heavy atom. The van der Waals surface area contributed by atoms with Crippen LogP contribution in [0.3, 0.4) is 0 Å². The van der Waals surface area contributed by atoms with Crippen molar-refractivity contribution in [1.82, 2.24) is 58.1 Å². The fourth-order valence-electron chi connectivity index (χ4n) is 11.3. The molecular weight excluding hydrogens is 2160 g/mol. The number of anilines is 2. The van der Waals surface area contributed by atoms with E-state index in [2.05, 4.69) is 123 Å². The summed E-state index contributed by atoms with van der Waals surface area (Å²) in [7, 11) is -70.9. The number of fused-ring (bicyclic) bond motifs is 2. The number of nitrogens with one attached hydrogen (secondary N) is 3. The Hall–Kier alpha value is -7.58. The quantitative estimate of drug-likeness (QED) is 0.00749. The maximum atomic E-state index is 12.1. The Labute approximate surface area is 770 Å². The fourth-order valence-corrected chi connectivity index (χ4v) is 22.8. The lowest BCUT2D eigenvalue weighted by Crippen LogP contribution is -2.33. The lowest BCUT2D eigenvalue weighted by atomic mass is 10.1. The molecule has 4 saturated heterocycles. The largest absolute Gasteiger partial charge is 0.756 e. The Bertz CT molecular complexity index is 6250. The minimum Gasteiger partial charge on any atom is -0.756 e. The Kier molecular flexibility index (Phi) is 46.1. The van der Waals surface area contributed by atoms with Crippen LogP contribution in [-0.2, 0) is 152 Å². The Morgan fingerprint density at radius 1 is 0.417 bits per heavy atom. The summed E-state index contributed by atoms with van der Waals surface area (Å²) < 4.78 is 227. The van der Waals surface area contributed by atoms with Gasteiger partial charge in [-0.3, -0.25) is 97.8 Å². The molecule has 16 unspecified atom stereocenters. The van der Waals surface area contributed by atoms with Crippen LogP contribution in [0.2, 0.25) is 0 Å². The number of nitrogens with zero attached hydrogens (tertiary/aromatic N) is 21. The van der Waals surface area contributed by atoms with Crippen LogP contribution >= 0.6 is 93.9 Å². The number of ether oxygens (including phenoxy) is 8. The molecule has 11 N–H and O–H groups in total. The molecule has 24 atom stereocenters. The molecule has 784 valence electrons. The van der Waals surface area contributed by atoms with Crippen molar-refractivity contribution in [3.63, 3.8) is 0 Å². The number of hydrogen-bond donors (Lipinski definition) is 9. The van der Waals surface area contributed by atoms with Crippen LogP contribution in [0.5, 0.6) is 0 Å². The van der Waals surface area contributed by atoms with Gasteiger partial charge in [0.25, 0.3) is 111 Å². The van der Waals surface area contributed by atoms with E-state index >= 15 is 0 Å². The maximum Gasteiger partial charge on any atom is 0.330 e. The van der Waals surface area contributed by atoms with Gasteiger partial charge in [0, 0.05) is 68.9 Å². The minimum atomic E-state index is -6.09. The van der Waals surface area contributed by atoms with Crippen molar-refractivity contribution in [2.75, 3.05) is 64.8 Å². The average Bonchev–Trinajstić information content (AvgIpc) is 1.65. The van der Waals surface area contributed by atoms with Crippen LogP contribution in [0.15, 0.2) is 75.8 Å². The number of nitrogens with two attached hydrogens (primary N) is 2. The molecule has 139 heavy (non-hydrogen) atoms. The maximum absolute atomic E-state index is 12.1. The summed E-state index contributed by atoms with van der Waals surface area (Å²) in [5.41, 5.74) is 42.2. The zero-order valence-electron chi connectivity index (χ0n) is 66.7. The van der Waals surface area contributed by atoms with E-state index in [-0.39, 0.29) is 99.7 Å². The van der Waals surface area contributed by atoms with Crippen LogP contribution < -0.4 is 98.2 Å². The summed E-state index contributed by atoms with van der Waals surface area (Å²) in [6.07, 6.45) is -6.83. The van der Waals surface area contributed by atoms with E-state index in [1.165, 1.54) is 54.4 Å². The number of imidazole rings is 2. The molecule has 10 rings (SSSR count). The SMILES string of the molecule is C.C.C.Cc1cn([C@H]2CC(OCN=[N+]=[N-])[C@@H](COP(=O)([O-])OP(=O)([O-])OP(=O)([O-])O)O2)c(=O)[nH]c1=O.Cc1cn([C@H]2CC(OCN=[N+]=[N-])[C@@H](COP(=O)([O-])OP(=O)([O-])OP(=O)([O-])O)O2)c(=O)[nH]c1=O.[N-]=[N+]=NCOC1C[C@H](Cn2cnc3c(=O)[nH]c(N)nc32)O[C@@H]1COP(=O)([O-])OP(=O)([O-])OP(=O)([O-])O.[N-]=[N+]=NCOC1C[C@H](n2cnc3c(N)ncnc32)O[C@@H]1COP(=O)([O-])OP(=O)([O-])OP(=O)([O-])O. The first-order valence-corrected chi connectivity index (χ1v) is 52.7. The zero-order valence-corrected chi connectivity index (χ0v) is 77.4. The highest BCUT2D eigenvalue weighted by Crippen LogP contribution is 2.65. The molecule has 0 amide bonds. The van der Waals surface area contributed by atoms with Gasteiger partial charge < -0.3 is 150 Å². The van der Waals surface area contributed by atoms with E-state index < -0.39 is 249 Å². The van der Waals surface area contributed by atoms with Crippen LogP contribution in [0.4, 0.5) is 11.8 Å². The van der Waals surface area contributed by atoms with Gasteiger partial charge in [-0.2, -0.15) is 4.98 Å². The molecule has 91 heteroatoms. The highest BCUT2D eigenvalue weighted by molar-refractivity contribution is 7.67. The van der Waals surface area contributed by atoms with Gasteiger partial charge in [-0.1, -0.05) is 42.7 Å². The molecule has 6 aromatic heterocycles. The zero-order chi connectivity index (χ0) is 102. The third kappa shape index (κ3) is 41.2. The number of phosphoric ester groups is 4. The van der Waals surface area contributed by atoms with Crippen molar-refractivity contribution < 1.29 is 224 Å². The van der Waals surface area contributed by atoms with E-state index in [0.29, 0.717) is 0 Å². The second-order valence-electron chi connectivity index (χ2n) is 25.7. The molecule has 10 heterocycles. The molecule has 4 aliphatic rings. The summed E-state index contributed by atoms with van der Waals surface area (Å²) in [5, 5.41) is 12.7. The summed E-state index contributed by atoms with van der Waals surface area (Å²) in [5.74, 6) is -0.0687. The molecule has 0 radical (unpaired) electrons. The van der Waals surface area contributed by atoms with Crippen molar-refractivity contribution in [1.29, 1.82) is 0 Å². The van der Waals surface area contributed by atoms with Gasteiger partial charge in [-0.25, -0.2) is 64.0 Å². The van der Waals surface area contributed by atoms with Crippen LogP contribution in [0.1, 0.15) is 77.8 Å². The molecule has 4 fully saturated rings. The smallest absolute Gasteiger partial charge is 0.330 e. The third-order valence-electron chi connectivity index (χ3n) is 16.2. The van der Waals surface area contributed by atoms with Crippen LogP contribution in [-0.4, -0.2) is 186 Å². The lowest BCUT2D eigenvalue weighted by Gasteiger charge is -2.33. The van der Waals surface area contributed by atoms with E-state index in [9.17, 15) is 137 Å². The van der Waals surface area contributed by atoms with Gasteiger partial charge in [0.15, 0.2) is 22.6 Å². The predicted molar refractivity (Wildman–Crippen MR) is 422 cm³/mol. The first-order chi connectivity index (χ1) is 62.7. The molecule has 79 nitrogen and oxygen atoms in total. The van der Waals surface area contributed by atoms with Crippen LogP contribution in [0.25, 0.3) is 64.1 Å². The monoisotopic (exact) mass is 2230 g/mol. The number of aromatic amines is 3. The van der Waals surface area contributed by atoms with E-state index in [4.69, 9.17) is 91.1 Å². The number of rotatable bonds is 45. The Morgan fingerprint density at radius 2 is 0.727 bits per heavy atom. The molecule has 6 aromatic rings. The van der Waals surface area contributed by atoms with Crippen molar-refractivity contribution in [3.05, 3.63) is 136 Å². The number of phosphoric acid groups is 12. The standard InChI is InChI=1S/C12H19N8O13P3.C11H17N8O12P3.2C11H18N5O14P3.3CH4/c13-12-17-10-9(11(21)18-12)15-4-20(10)2-6-1-7(29-5-16-19-14)8(31-6)3-30-35(25,26)33-36(27,28)32-34(22,23)24;12-10-9-11(15-3-14-10)19(4-16-9)8-1-6(27-5-17-18-13)7(29-8)2-28-33(23,24)31-34(25,26)30-32(20,21)22;2*1-6-3-16(11(18)14-10(6)17)9-2-7(26-5-13-15-12)8(28-9)4-27-32(22,23)30-33(24,25)29-31(19,20)21;;;/h4,6-8H,1-3,5H2,(H,25,26)(H,27,28)(H2,22,23,24)(H3,13,17,18,21);3-4,6-8H,1-2,5H2,(H,23,24)(H,25,26)(H2,12,14,15)(H2,20,21,22);2*3,7-9H,2,4-5H2,1H3,(H,22,23)(H,24,25)(H,14,17,18)(H2,19,20,21);3*1H4/p-12/t6-,7?,8-;6?,7-,8-;2*7?,8-,9-;;;/m1111.../s1. The first kappa shape index (κ1) is 124. The van der Waals surface area contributed by atoms with Gasteiger partial charge >= 0.3 is 11.4 Å². The number of hydrogen-bond acceptors (Lipinski definition) is 60. The third-order valence-corrected chi connectivity index (χ3v) is 30.9. The predicted octanol–water partition coefficient (Wildman–Crippen LogP) is -4.87. The molecule has 0 bridgehead atoms. The normalized spacial score (nSPS) is 25.2. The van der Waals surface area contributed by atoms with Crippen molar-refractivity contribution in [2.24, 2.45) is 20.5 Å². The minimum absolute atomic E-state index is 0. The molecule has 0 saturated carbocycles. The summed E-state index contributed by atoms with van der Waals surface area (Å²) >= 11 is 0. The summed E-state index contributed by atoms with van der Waals surface area (Å²) in [6, 6.07) is 0. The summed E-state index contributed by atoms with van der Waals surface area (Å²) in [6.45, 7) is -2.87. The second kappa shape index (κ2) is 51.8. The molecule has 4 aliphatic heterocycles. The highest BCUT2D eigenvalue weighted by atomic mass is 31.3. The van der Waals surface area contributed by atoms with Crippen molar-refractivity contribution in [3.8, 4) is 0 Å². The molecule has 0 spiro atoms. The number of aromatic nitrogens is 12. The van der Waals surface area contributed by atoms with E-state index in [1.54, 1.807) is 0 Å². The summed E-state index contributed by atoms with van der Waals surface area (Å²) in [4.78, 5) is 263. The van der Waals surface area contributed by atoms with Gasteiger partial charge in [0.2, 0.25) is 5.95 Å². The number of azide groups is 4. The lowest BCUT2D eigenvalue weighted by molar-refractivity contribution is -0.254. The average molecular weight is 2230 g/mol. The van der Waals surface area contributed by atoms with Gasteiger partial charge in [-0.05, 0) is 36.0 Å². The number of aryl methyl sites for hydroxylation is 2. The highest BCUT2D eigenvalue weighted by Gasteiger charge is 2.44. The van der Waals surface area contributed by atoms with E-state index in [1.807, 2.05) is 9.97 Å². The van der Waals surface area contributed by atoms with Gasteiger partial charge in [0.1, 0.15) is 81.9 Å². The first-order valence-electron chi connectivity index (χ1n) is 35.0. The second-order valence-corrected chi connectivity index (χ2v) is 42.9. The van der Waals surface area contributed by atoms with Crippen LogP contribution in [0, 0.1) is 13.8 Å². The Balaban J connectivity index is 0.000000384. The van der Waals surface area contributed by atoms with Crippen molar-refractivity contribution in [2.45, 2.75) is 142 Å². The molecular formula is C48H72N26O53P12-12. The topological polar surface area (TPSA) is 1210 Å². The molecule has 0 aliphatic carbocycles. The fraction of sp³-hybridized carbons (Fsp3) is 0.625. The van der Waals surface area contributed by atoms with E-state index in [0.717, 1.165) is 9.13 Å². The number of nitrogen functional groups attached to an aromatic ring is 2. The number of H-pyrrole nitrogens is 3. The van der Waals surface area contributed by atoms with Gasteiger partial charge in [0.05, 0.1) is 76.1 Å². The van der Waals surface area contributed by atoms with Gasteiger partial charge in [-0.15, -0.1) is 0 Å². The molecule has 0 aromatic carbocycles. The van der Waals surface area contributed by atoms with Crippen molar-refractivity contribution >= 4 is 128 Å².